The van der Waals surface area contributed by atoms with Crippen molar-refractivity contribution in [2.45, 2.75) is 37.9 Å². The molecule has 1 aliphatic rings. The number of aromatic nitrogens is 4. The summed E-state index contributed by atoms with van der Waals surface area (Å²) in [6.45, 7) is 3.79. The van der Waals surface area contributed by atoms with Crippen LogP contribution in [0.15, 0.2) is 24.8 Å². The summed E-state index contributed by atoms with van der Waals surface area (Å²) >= 11 is 0. The highest BCUT2D eigenvalue weighted by Crippen LogP contribution is 2.67. The second-order valence-corrected chi connectivity index (χ2v) is 12.2. The maximum Gasteiger partial charge on any atom is 0.490 e. The highest BCUT2D eigenvalue weighted by atomic mass is 31.3. The number of nitrogens with two attached hydrogens (primary N) is 1. The molecule has 1 aliphatic heterocycles. The Hall–Kier alpha value is -1.62. The van der Waals surface area contributed by atoms with E-state index in [0.29, 0.717) is 5.57 Å². The van der Waals surface area contributed by atoms with Crippen molar-refractivity contribution in [1.29, 1.82) is 0 Å². The van der Waals surface area contributed by atoms with Gasteiger partial charge in [-0.1, -0.05) is 5.57 Å². The molecule has 0 radical (unpaired) electrons. The van der Waals surface area contributed by atoms with Crippen molar-refractivity contribution >= 4 is 40.4 Å². The van der Waals surface area contributed by atoms with Gasteiger partial charge in [-0.05, 0) is 13.3 Å². The van der Waals surface area contributed by atoms with Crippen molar-refractivity contribution in [1.82, 2.24) is 19.5 Å². The Morgan fingerprint density at radius 3 is 2.36 bits per heavy atom. The molecule has 0 aromatic carbocycles. The summed E-state index contributed by atoms with van der Waals surface area (Å²) < 4.78 is 59.5. The first kappa shape index (κ1) is 28.9. The molecule has 1 saturated heterocycles. The first-order valence-electron chi connectivity index (χ1n) is 9.90. The van der Waals surface area contributed by atoms with Crippen LogP contribution in [0, 0.1) is 0 Å². The zero-order chi connectivity index (χ0) is 26.9. The number of aliphatic hydroxyl groups excluding tert-OH is 2. The molecular formula is C15H24N5O13P3. The van der Waals surface area contributed by atoms with Gasteiger partial charge in [0.15, 0.2) is 17.7 Å². The number of rotatable bonds is 12. The molecule has 3 rings (SSSR count). The summed E-state index contributed by atoms with van der Waals surface area (Å²) in [5.41, 5.74) is 6.64. The van der Waals surface area contributed by atoms with Gasteiger partial charge in [0.1, 0.15) is 30.2 Å². The molecule has 0 amide bonds. The number of fused-ring (bicyclic) bond motifs is 1. The number of phosphoric ester groups is 2. The lowest BCUT2D eigenvalue weighted by molar-refractivity contribution is -0.0503. The van der Waals surface area contributed by atoms with E-state index in [9.17, 15) is 38.6 Å². The largest absolute Gasteiger partial charge is 0.490 e. The smallest absolute Gasteiger partial charge is 0.387 e. The van der Waals surface area contributed by atoms with E-state index in [1.54, 1.807) is 6.92 Å². The Kier molecular flexibility index (Phi) is 8.85. The predicted molar refractivity (Wildman–Crippen MR) is 119 cm³/mol. The van der Waals surface area contributed by atoms with E-state index in [-0.39, 0.29) is 23.4 Å². The quantitative estimate of drug-likeness (QED) is 0.147. The van der Waals surface area contributed by atoms with Crippen LogP contribution in [0.1, 0.15) is 19.6 Å². The van der Waals surface area contributed by atoms with Gasteiger partial charge in [-0.2, -0.15) is 8.62 Å². The van der Waals surface area contributed by atoms with Crippen molar-refractivity contribution < 1.29 is 61.0 Å². The molecular weight excluding hydrogens is 551 g/mol. The topological polar surface area (TPSA) is 268 Å². The zero-order valence-electron chi connectivity index (χ0n) is 18.5. The van der Waals surface area contributed by atoms with Gasteiger partial charge in [0.25, 0.3) is 0 Å². The predicted octanol–water partition coefficient (Wildman–Crippen LogP) is 0.361. The monoisotopic (exact) mass is 575 g/mol. The SMILES string of the molecule is C=C(C)CCOP(=O)(O)OP(=O)(O)OP(=O)(O)OC[C@H]1O[C@@H](n2cnc3c(N)ncnc32)[C@H](O)[C@@H]1O. The Morgan fingerprint density at radius 2 is 1.72 bits per heavy atom. The molecule has 21 heteroatoms. The second kappa shape index (κ2) is 11.0. The molecule has 0 saturated carbocycles. The molecule has 0 aliphatic carbocycles. The highest BCUT2D eigenvalue weighted by molar-refractivity contribution is 7.66. The average molecular weight is 575 g/mol. The van der Waals surface area contributed by atoms with Gasteiger partial charge in [-0.3, -0.25) is 13.6 Å². The van der Waals surface area contributed by atoms with Crippen molar-refractivity contribution in [3.05, 3.63) is 24.8 Å². The van der Waals surface area contributed by atoms with E-state index in [1.165, 1.54) is 10.9 Å². The first-order valence-corrected chi connectivity index (χ1v) is 14.4. The zero-order valence-corrected chi connectivity index (χ0v) is 21.2. The molecule has 1 fully saturated rings. The van der Waals surface area contributed by atoms with Crippen LogP contribution in [0.3, 0.4) is 0 Å². The molecule has 0 spiro atoms. The van der Waals surface area contributed by atoms with Gasteiger partial charge in [0.2, 0.25) is 0 Å². The van der Waals surface area contributed by atoms with Crippen molar-refractivity contribution in [3.8, 4) is 0 Å². The highest BCUT2D eigenvalue weighted by Gasteiger charge is 2.47. The van der Waals surface area contributed by atoms with Crippen molar-refractivity contribution in [2.24, 2.45) is 0 Å². The number of phosphoric acid groups is 3. The Morgan fingerprint density at radius 1 is 1.08 bits per heavy atom. The minimum Gasteiger partial charge on any atom is -0.387 e. The minimum atomic E-state index is -5.66. The van der Waals surface area contributed by atoms with Crippen LogP contribution in [-0.2, 0) is 36.1 Å². The number of aliphatic hydroxyl groups is 2. The fourth-order valence-electron chi connectivity index (χ4n) is 2.98. The van der Waals surface area contributed by atoms with Gasteiger partial charge >= 0.3 is 23.5 Å². The summed E-state index contributed by atoms with van der Waals surface area (Å²) in [4.78, 5) is 40.6. The number of hydrogen-bond donors (Lipinski definition) is 6. The summed E-state index contributed by atoms with van der Waals surface area (Å²) in [5, 5.41) is 20.7. The van der Waals surface area contributed by atoms with E-state index < -0.39 is 61.2 Å². The number of nitrogen functional groups attached to an aromatic ring is 1. The Bertz CT molecular complexity index is 1260. The van der Waals surface area contributed by atoms with Crippen LogP contribution >= 0.6 is 23.5 Å². The minimum absolute atomic E-state index is 0.0503. The third kappa shape index (κ3) is 7.24. The normalized spacial score (nSPS) is 27.4. The van der Waals surface area contributed by atoms with Crippen LogP contribution in [0.5, 0.6) is 0 Å². The van der Waals surface area contributed by atoms with Crippen LogP contribution < -0.4 is 5.73 Å². The standard InChI is InChI=1S/C15H24N5O13P3/c1-8(2)3-4-29-34(23,24)32-36(27,28)33-35(25,26)30-5-9-11(21)12(22)15(31-9)20-7-19-10-13(16)17-6-18-14(10)20/h6-7,9,11-12,15,21-22H,1,3-5H2,2H3,(H,23,24)(H,25,26)(H,27,28)(H2,16,17,18)/t9-,11-,12-,15-/m1/s1. The summed E-state index contributed by atoms with van der Waals surface area (Å²) in [6.07, 6.45) is -3.50. The second-order valence-electron chi connectivity index (χ2n) is 7.53. The molecule has 7 N–H and O–H groups in total. The molecule has 2 aromatic heterocycles. The van der Waals surface area contributed by atoms with Crippen molar-refractivity contribution in [3.63, 3.8) is 0 Å². The van der Waals surface area contributed by atoms with E-state index in [0.717, 1.165) is 6.33 Å². The third-order valence-electron chi connectivity index (χ3n) is 4.60. The molecule has 202 valence electrons. The van der Waals surface area contributed by atoms with E-state index in [4.69, 9.17) is 10.5 Å². The number of ether oxygens (including phenoxy) is 1. The Labute approximate surface area is 203 Å². The van der Waals surface area contributed by atoms with Crippen LogP contribution in [0.2, 0.25) is 0 Å². The number of anilines is 1. The number of hydrogen-bond acceptors (Lipinski definition) is 14. The van der Waals surface area contributed by atoms with E-state index in [1.807, 2.05) is 0 Å². The van der Waals surface area contributed by atoms with Crippen LogP contribution in [-0.4, -0.2) is 75.9 Å². The summed E-state index contributed by atoms with van der Waals surface area (Å²) in [5.74, 6) is 0.0503. The molecule has 7 atom stereocenters. The first-order chi connectivity index (χ1) is 16.6. The van der Waals surface area contributed by atoms with E-state index in [2.05, 4.69) is 39.2 Å². The Balaban J connectivity index is 1.61. The maximum absolute atomic E-state index is 12.1. The third-order valence-corrected chi connectivity index (χ3v) is 8.88. The van der Waals surface area contributed by atoms with Crippen LogP contribution in [0.4, 0.5) is 5.82 Å². The van der Waals surface area contributed by atoms with Gasteiger partial charge < -0.3 is 35.4 Å². The molecule has 18 nitrogen and oxygen atoms in total. The van der Waals surface area contributed by atoms with Gasteiger partial charge in [-0.15, -0.1) is 6.58 Å². The fraction of sp³-hybridized carbons (Fsp3) is 0.533. The fourth-order valence-corrected chi connectivity index (χ4v) is 6.49. The number of imidazole rings is 1. The van der Waals surface area contributed by atoms with Crippen LogP contribution in [0.25, 0.3) is 11.2 Å². The molecule has 0 bridgehead atoms. The number of nitrogens with zero attached hydrogens (tertiary/aromatic N) is 4. The van der Waals surface area contributed by atoms with E-state index >= 15 is 0 Å². The summed E-state index contributed by atoms with van der Waals surface area (Å²) in [7, 11) is -16.3. The average Bonchev–Trinajstić information content (AvgIpc) is 3.27. The maximum atomic E-state index is 12.1. The van der Waals surface area contributed by atoms with Crippen molar-refractivity contribution in [2.75, 3.05) is 18.9 Å². The lowest BCUT2D eigenvalue weighted by Crippen LogP contribution is -2.33. The van der Waals surface area contributed by atoms with Gasteiger partial charge in [0.05, 0.1) is 19.5 Å². The van der Waals surface area contributed by atoms with Gasteiger partial charge in [0, 0.05) is 0 Å². The lowest BCUT2D eigenvalue weighted by atomic mass is 10.1. The van der Waals surface area contributed by atoms with Gasteiger partial charge in [-0.25, -0.2) is 28.6 Å². The lowest BCUT2D eigenvalue weighted by Gasteiger charge is -2.20. The summed E-state index contributed by atoms with van der Waals surface area (Å²) in [6, 6.07) is 0. The molecule has 3 unspecified atom stereocenters. The molecule has 3 heterocycles. The molecule has 36 heavy (non-hydrogen) atoms. The molecule has 2 aromatic rings.